The Morgan fingerprint density at radius 3 is 2.76 bits per heavy atom. The zero-order valence-electron chi connectivity index (χ0n) is 10.5. The van der Waals surface area contributed by atoms with Gasteiger partial charge in [0, 0.05) is 3.57 Å². The molecule has 0 spiro atoms. The Kier molecular flexibility index (Phi) is 2.47. The highest BCUT2D eigenvalue weighted by molar-refractivity contribution is 14.1. The second kappa shape index (κ2) is 4.14. The van der Waals surface area contributed by atoms with Crippen molar-refractivity contribution in [2.75, 3.05) is 0 Å². The Morgan fingerprint density at radius 1 is 1.14 bits per heavy atom. The molecule has 0 atom stereocenters. The van der Waals surface area contributed by atoms with E-state index in [0.717, 1.165) is 3.57 Å². The van der Waals surface area contributed by atoms with Gasteiger partial charge >= 0.3 is 0 Å². The molecule has 0 saturated carbocycles. The smallest absolute Gasteiger partial charge is 0.266 e. The third kappa shape index (κ3) is 1.59. The molecule has 2 heterocycles. The van der Waals surface area contributed by atoms with Gasteiger partial charge in [-0.25, -0.2) is 4.98 Å². The van der Waals surface area contributed by atoms with Crippen LogP contribution in [0.3, 0.4) is 0 Å². The van der Waals surface area contributed by atoms with E-state index in [4.69, 9.17) is 0 Å². The van der Waals surface area contributed by atoms with E-state index in [1.54, 1.807) is 24.3 Å². The van der Waals surface area contributed by atoms with Crippen molar-refractivity contribution in [2.24, 2.45) is 0 Å². The summed E-state index contributed by atoms with van der Waals surface area (Å²) in [6.07, 6.45) is 0. The van der Waals surface area contributed by atoms with Gasteiger partial charge in [0.05, 0.1) is 16.6 Å². The number of halogens is 1. The summed E-state index contributed by atoms with van der Waals surface area (Å²) in [7, 11) is 0. The molecule has 1 aliphatic rings. The van der Waals surface area contributed by atoms with E-state index in [-0.39, 0.29) is 33.8 Å². The molecule has 1 aliphatic heterocycles. The highest BCUT2D eigenvalue weighted by Crippen LogP contribution is 2.29. The van der Waals surface area contributed by atoms with Crippen molar-refractivity contribution in [3.05, 3.63) is 61.7 Å². The lowest BCUT2D eigenvalue weighted by Gasteiger charge is -2.06. The summed E-state index contributed by atoms with van der Waals surface area (Å²) < 4.78 is 2.23. The van der Waals surface area contributed by atoms with Gasteiger partial charge in [-0.1, -0.05) is 6.07 Å². The third-order valence-corrected chi connectivity index (χ3v) is 4.20. The van der Waals surface area contributed by atoms with Crippen molar-refractivity contribution in [1.82, 2.24) is 9.55 Å². The number of rotatable bonds is 0. The van der Waals surface area contributed by atoms with Crippen molar-refractivity contribution in [3.63, 3.8) is 0 Å². The van der Waals surface area contributed by atoms with Gasteiger partial charge in [-0.05, 0) is 52.9 Å². The van der Waals surface area contributed by atoms with Crippen molar-refractivity contribution in [1.29, 1.82) is 0 Å². The number of nitrogens with zero attached hydrogens (tertiary/aromatic N) is 2. The van der Waals surface area contributed by atoms with Crippen LogP contribution in [-0.4, -0.2) is 20.4 Å². The molecule has 1 N–H and O–H groups in total. The fourth-order valence-corrected chi connectivity index (χ4v) is 3.07. The van der Waals surface area contributed by atoms with Crippen molar-refractivity contribution >= 4 is 39.3 Å². The minimum atomic E-state index is -0.348. The van der Waals surface area contributed by atoms with Crippen LogP contribution in [0, 0.1) is 3.57 Å². The van der Waals surface area contributed by atoms with Crippen molar-refractivity contribution < 1.29 is 9.90 Å². The molecule has 0 amide bonds. The number of phenolic OH excluding ortho intramolecular Hbond substituents is 1. The maximum atomic E-state index is 12.6. The molecule has 5 nitrogen and oxygen atoms in total. The van der Waals surface area contributed by atoms with E-state index >= 15 is 0 Å². The number of carbonyl (C=O) groups excluding carboxylic acids is 1. The normalized spacial score (nSPS) is 12.5. The lowest BCUT2D eigenvalue weighted by atomic mass is 10.1. The number of hydrogen-bond donors (Lipinski definition) is 1. The molecule has 0 fully saturated rings. The Balaban J connectivity index is 2.20. The van der Waals surface area contributed by atoms with E-state index in [9.17, 15) is 14.7 Å². The second-order valence-electron chi connectivity index (χ2n) is 4.74. The first-order valence-corrected chi connectivity index (χ1v) is 7.25. The largest absolute Gasteiger partial charge is 0.506 e. The first-order chi connectivity index (χ1) is 10.1. The van der Waals surface area contributed by atoms with Crippen molar-refractivity contribution in [2.45, 2.75) is 0 Å². The first kappa shape index (κ1) is 12.5. The second-order valence-corrected chi connectivity index (χ2v) is 5.99. The number of hydrogen-bond acceptors (Lipinski definition) is 4. The molecule has 0 saturated heterocycles. The van der Waals surface area contributed by atoms with Crippen LogP contribution in [0.2, 0.25) is 0 Å². The quantitative estimate of drug-likeness (QED) is 0.468. The molecular weight excluding hydrogens is 383 g/mol. The molecule has 6 heteroatoms. The predicted octanol–water partition coefficient (Wildman–Crippen LogP) is 2.24. The van der Waals surface area contributed by atoms with Gasteiger partial charge in [-0.2, -0.15) is 0 Å². The number of fused-ring (bicyclic) bond motifs is 4. The maximum Gasteiger partial charge on any atom is 0.266 e. The summed E-state index contributed by atoms with van der Waals surface area (Å²) in [4.78, 5) is 29.3. The molecule has 2 aromatic carbocycles. The molecule has 0 unspecified atom stereocenters. The van der Waals surface area contributed by atoms with Crippen LogP contribution in [0.4, 0.5) is 0 Å². The van der Waals surface area contributed by atoms with Gasteiger partial charge in [-0.15, -0.1) is 0 Å². The van der Waals surface area contributed by atoms with Gasteiger partial charge in [0.15, 0.2) is 5.82 Å². The minimum absolute atomic E-state index is 0.0472. The lowest BCUT2D eigenvalue weighted by molar-refractivity contribution is 0.103. The molecule has 21 heavy (non-hydrogen) atoms. The summed E-state index contributed by atoms with van der Waals surface area (Å²) >= 11 is 2.11. The van der Waals surface area contributed by atoms with Gasteiger partial charge in [0.2, 0.25) is 5.78 Å². The number of ketones is 1. The molecule has 102 valence electrons. The van der Waals surface area contributed by atoms with E-state index in [1.165, 1.54) is 10.6 Å². The SMILES string of the molecule is O=C1c2cc(I)ccc2-n2c1nc1c(O)cccc1c2=O. The summed E-state index contributed by atoms with van der Waals surface area (Å²) in [6.45, 7) is 0. The van der Waals surface area contributed by atoms with Crippen LogP contribution >= 0.6 is 22.6 Å². The van der Waals surface area contributed by atoms with E-state index in [1.807, 2.05) is 6.07 Å². The summed E-state index contributed by atoms with van der Waals surface area (Å²) in [5.41, 5.74) is 0.809. The molecule has 0 bridgehead atoms. The van der Waals surface area contributed by atoms with Crippen LogP contribution in [0.25, 0.3) is 16.6 Å². The Morgan fingerprint density at radius 2 is 1.95 bits per heavy atom. The van der Waals surface area contributed by atoms with Gasteiger partial charge in [-0.3, -0.25) is 14.2 Å². The predicted molar refractivity (Wildman–Crippen MR) is 85.2 cm³/mol. The number of benzene rings is 2. The first-order valence-electron chi connectivity index (χ1n) is 6.17. The maximum absolute atomic E-state index is 12.6. The molecular formula is C15H7IN2O3. The lowest BCUT2D eigenvalue weighted by Crippen LogP contribution is -2.21. The van der Waals surface area contributed by atoms with Crippen LogP contribution in [0.15, 0.2) is 41.2 Å². The van der Waals surface area contributed by atoms with Crippen molar-refractivity contribution in [3.8, 4) is 11.4 Å². The van der Waals surface area contributed by atoms with Crippen LogP contribution in [0.5, 0.6) is 5.75 Å². The number of carbonyl (C=O) groups is 1. The standard InChI is InChI=1S/C15H7IN2O3/c16-7-4-5-10-9(6-7)13(20)14-17-12-8(15(21)18(10)14)2-1-3-11(12)19/h1-6,19H. The molecule has 0 radical (unpaired) electrons. The van der Waals surface area contributed by atoms with Gasteiger partial charge < -0.3 is 5.11 Å². The number of aromatic hydroxyl groups is 1. The van der Waals surface area contributed by atoms with Gasteiger partial charge in [0.1, 0.15) is 11.3 Å². The van der Waals surface area contributed by atoms with Crippen LogP contribution < -0.4 is 5.56 Å². The van der Waals surface area contributed by atoms with E-state index in [0.29, 0.717) is 11.3 Å². The molecule has 0 aliphatic carbocycles. The van der Waals surface area contributed by atoms with Gasteiger partial charge in [0.25, 0.3) is 5.56 Å². The molecule has 1 aromatic heterocycles. The average Bonchev–Trinajstić information content (AvgIpc) is 2.74. The fourth-order valence-electron chi connectivity index (χ4n) is 2.58. The third-order valence-electron chi connectivity index (χ3n) is 3.52. The summed E-state index contributed by atoms with van der Waals surface area (Å²) in [5.74, 6) is -0.358. The number of para-hydroxylation sites is 1. The number of aromatic nitrogens is 2. The van der Waals surface area contributed by atoms with E-state index < -0.39 is 0 Å². The topological polar surface area (TPSA) is 72.2 Å². The Hall–Kier alpha value is -2.22. The Bertz CT molecular complexity index is 1010. The Labute approximate surface area is 132 Å². The molecule has 3 aromatic rings. The van der Waals surface area contributed by atoms with Crippen LogP contribution in [0.1, 0.15) is 16.2 Å². The van der Waals surface area contributed by atoms with Crippen LogP contribution in [-0.2, 0) is 0 Å². The zero-order chi connectivity index (χ0) is 14.7. The number of phenols is 1. The minimum Gasteiger partial charge on any atom is -0.506 e. The zero-order valence-corrected chi connectivity index (χ0v) is 12.7. The average molecular weight is 390 g/mol. The summed E-state index contributed by atoms with van der Waals surface area (Å²) in [6, 6.07) is 9.93. The summed E-state index contributed by atoms with van der Waals surface area (Å²) in [5, 5.41) is 10.1. The molecule has 4 rings (SSSR count). The monoisotopic (exact) mass is 390 g/mol. The highest BCUT2D eigenvalue weighted by Gasteiger charge is 2.30. The fraction of sp³-hybridized carbons (Fsp3) is 0. The highest BCUT2D eigenvalue weighted by atomic mass is 127. The van der Waals surface area contributed by atoms with E-state index in [2.05, 4.69) is 27.6 Å².